The third-order valence-corrected chi connectivity index (χ3v) is 37.8. The molecule has 0 aromatic carbocycles. The Labute approximate surface area is 159 Å². The van der Waals surface area contributed by atoms with Gasteiger partial charge in [-0.15, -0.1) is 0 Å². The fraction of sp³-hybridized carbons (Fsp3) is 0. The predicted molar refractivity (Wildman–Crippen MR) is 76.8 cm³/mol. The van der Waals surface area contributed by atoms with Gasteiger partial charge in [0.05, 0.1) is 0 Å². The van der Waals surface area contributed by atoms with Crippen LogP contribution in [0.3, 0.4) is 0 Å². The average Bonchev–Trinajstić information content (AvgIpc) is 2.16. The van der Waals surface area contributed by atoms with Crippen LogP contribution in [0.15, 0.2) is 0 Å². The Morgan fingerprint density at radius 2 is 1.65 bits per heavy atom. The van der Waals surface area contributed by atoms with Crippen LogP contribution in [0, 0.1) is 0 Å². The molecular formula is H17Ge7O13. The summed E-state index contributed by atoms with van der Waals surface area (Å²) in [5, 5.41) is 0. The van der Waals surface area contributed by atoms with Gasteiger partial charge in [-0.2, -0.15) is 0 Å². The first-order chi connectivity index (χ1) is 7.35. The first-order valence-corrected chi connectivity index (χ1v) is 19.8. The van der Waals surface area contributed by atoms with Crippen molar-refractivity contribution in [2.75, 3.05) is 0 Å². The van der Waals surface area contributed by atoms with E-state index in [4.69, 9.17) is 22.3 Å². The van der Waals surface area contributed by atoms with Crippen LogP contribution in [0.1, 0.15) is 0 Å². The van der Waals surface area contributed by atoms with Crippen LogP contribution < -0.4 is 0 Å². The number of fused-ring (bicyclic) bond motifs is 2. The van der Waals surface area contributed by atoms with E-state index in [0.29, 0.717) is 0 Å². The third-order valence-electron chi connectivity index (χ3n) is 1.40. The summed E-state index contributed by atoms with van der Waals surface area (Å²) in [7, 11) is 0. The molecule has 2 rings (SSSR count). The van der Waals surface area contributed by atoms with Crippen LogP contribution in [-0.4, -0.2) is 139 Å². The van der Waals surface area contributed by atoms with Gasteiger partial charge in [0.2, 0.25) is 0 Å². The fourth-order valence-corrected chi connectivity index (χ4v) is 68.5. The Kier molecular flexibility index (Phi) is 26.6. The Morgan fingerprint density at radius 1 is 1.00 bits per heavy atom. The van der Waals surface area contributed by atoms with Crippen molar-refractivity contribution < 1.29 is 49.7 Å². The number of rotatable bonds is 1. The van der Waals surface area contributed by atoms with Crippen molar-refractivity contribution >= 4 is 111 Å². The summed E-state index contributed by atoms with van der Waals surface area (Å²) in [6.07, 6.45) is 0. The molecule has 0 spiro atoms. The predicted octanol–water partition coefficient (Wildman–Crippen LogP) is -9.21. The van der Waals surface area contributed by atoms with Crippen molar-refractivity contribution in [1.29, 1.82) is 0 Å². The minimum atomic E-state index is -3.47. The topological polar surface area (TPSA) is 231 Å². The minimum absolute atomic E-state index is 0. The number of hydrogen-bond donors (Lipinski definition) is 0. The molecule has 2 aliphatic heterocycles. The van der Waals surface area contributed by atoms with Crippen LogP contribution >= 0.6 is 0 Å². The van der Waals surface area contributed by atoms with Crippen molar-refractivity contribution in [3.63, 3.8) is 0 Å². The van der Waals surface area contributed by atoms with E-state index in [0.717, 1.165) is 0 Å². The molecule has 13 nitrogen and oxygen atoms in total. The van der Waals surface area contributed by atoms with Gasteiger partial charge in [0.1, 0.15) is 0 Å². The molecule has 123 valence electrons. The Bertz CT molecular complexity index is 187. The van der Waals surface area contributed by atoms with E-state index in [1.807, 2.05) is 0 Å². The summed E-state index contributed by atoms with van der Waals surface area (Å²) in [6.45, 7) is 0. The van der Waals surface area contributed by atoms with E-state index >= 15 is 0 Å². The normalized spacial score (nSPS) is 28.8. The summed E-state index contributed by atoms with van der Waals surface area (Å²) < 4.78 is 44.3. The first-order valence-electron chi connectivity index (χ1n) is 3.81. The molecule has 10 N–H and O–H groups in total. The quantitative estimate of drug-likeness (QED) is 0.234. The van der Waals surface area contributed by atoms with E-state index in [2.05, 4.69) is 0 Å². The van der Waals surface area contributed by atoms with E-state index < -0.39 is 94.4 Å². The summed E-state index contributed by atoms with van der Waals surface area (Å²) in [5.74, 6) is 0. The van der Waals surface area contributed by atoms with Crippen molar-refractivity contribution in [3.05, 3.63) is 0 Å². The number of hydrogen-bond acceptors (Lipinski definition) is 8. The summed E-state index contributed by atoms with van der Waals surface area (Å²) >= 11 is -10.4. The zero-order valence-electron chi connectivity index (χ0n) is 10.2. The fourth-order valence-electron chi connectivity index (χ4n) is 0.775. The van der Waals surface area contributed by atoms with Gasteiger partial charge < -0.3 is 27.4 Å². The molecule has 0 aliphatic carbocycles. The molecule has 0 amide bonds. The molecular weight excluding hydrogens is 716 g/mol. The third kappa shape index (κ3) is 10.2. The van der Waals surface area contributed by atoms with Crippen molar-refractivity contribution in [2.24, 2.45) is 0 Å². The molecule has 5 radical (unpaired) electrons. The Balaban J connectivity index is -0.000000256. The molecule has 20 heteroatoms. The van der Waals surface area contributed by atoms with E-state index in [9.17, 15) is 0 Å². The van der Waals surface area contributed by atoms with Crippen LogP contribution in [-0.2, 0) is 22.3 Å². The maximum atomic E-state index is 5.76. The molecule has 1 unspecified atom stereocenters. The second kappa shape index (κ2) is 17.1. The van der Waals surface area contributed by atoms with Gasteiger partial charge in [-0.05, 0) is 0 Å². The zero-order valence-corrected chi connectivity index (χ0v) is 28.7. The zero-order chi connectivity index (χ0) is 10.6. The van der Waals surface area contributed by atoms with Gasteiger partial charge >= 0.3 is 134 Å². The van der Waals surface area contributed by atoms with Crippen LogP contribution in [0.5, 0.6) is 0 Å². The molecule has 0 aromatic heterocycles. The van der Waals surface area contributed by atoms with Gasteiger partial charge in [-0.25, -0.2) is 0 Å². The SMILES string of the molecule is O.O.O.O.O.[GeH3][O][Ge]12[O][Ge][O][GeH2][O][Ge]([O][Ge][O][GeH2][O]1)[O]2. The van der Waals surface area contributed by atoms with E-state index in [-0.39, 0.29) is 44.2 Å². The molecule has 2 heterocycles. The summed E-state index contributed by atoms with van der Waals surface area (Å²) in [6, 6.07) is 0. The molecule has 0 saturated carbocycles. The molecule has 1 atom stereocenters. The van der Waals surface area contributed by atoms with Gasteiger partial charge in [0.15, 0.2) is 0 Å². The standard InChI is InChI=1S/Ge7H7O8.5H2O/c1-8-7-13-4-9-2-11-6(15-7)12-3-10-5-14-7;;;;;/h2,5H2,1H3;5*1H2. The molecule has 20 heavy (non-hydrogen) atoms. The Hall–Kier alpha value is 3.28. The van der Waals surface area contributed by atoms with Crippen molar-refractivity contribution in [3.8, 4) is 0 Å². The van der Waals surface area contributed by atoms with E-state index in [1.54, 1.807) is 0 Å². The van der Waals surface area contributed by atoms with Gasteiger partial charge in [-0.3, -0.25) is 0 Å². The van der Waals surface area contributed by atoms with Crippen LogP contribution in [0.4, 0.5) is 0 Å². The monoisotopic (exact) mass is 743 g/mol. The van der Waals surface area contributed by atoms with E-state index in [1.165, 1.54) is 0 Å². The second-order valence-electron chi connectivity index (χ2n) is 2.24. The summed E-state index contributed by atoms with van der Waals surface area (Å²) in [4.78, 5) is 0. The van der Waals surface area contributed by atoms with Crippen LogP contribution in [0.25, 0.3) is 0 Å². The maximum absolute atomic E-state index is 5.76. The second-order valence-corrected chi connectivity index (χ2v) is 35.4. The van der Waals surface area contributed by atoms with Gasteiger partial charge in [-0.1, -0.05) is 0 Å². The summed E-state index contributed by atoms with van der Waals surface area (Å²) in [5.41, 5.74) is 0. The molecule has 0 aromatic rings. The molecule has 2 aliphatic rings. The van der Waals surface area contributed by atoms with Crippen molar-refractivity contribution in [1.82, 2.24) is 0 Å². The molecule has 2 bridgehead atoms. The van der Waals surface area contributed by atoms with Gasteiger partial charge in [0.25, 0.3) is 0 Å². The molecule has 2 saturated heterocycles. The van der Waals surface area contributed by atoms with Crippen LogP contribution in [0.2, 0.25) is 0 Å². The first kappa shape index (κ1) is 31.1. The molecule has 2 fully saturated rings. The average molecular weight is 733 g/mol. The Morgan fingerprint density at radius 3 is 2.30 bits per heavy atom. The van der Waals surface area contributed by atoms with Gasteiger partial charge in [0, 0.05) is 0 Å². The van der Waals surface area contributed by atoms with Crippen molar-refractivity contribution in [2.45, 2.75) is 0 Å².